The average molecular weight is 375 g/mol. The van der Waals surface area contributed by atoms with Crippen molar-refractivity contribution in [1.29, 1.82) is 0 Å². The van der Waals surface area contributed by atoms with Crippen molar-refractivity contribution in [3.8, 4) is 0 Å². The molecule has 1 atom stereocenters. The second-order valence-electron chi connectivity index (χ2n) is 7.28. The number of nitrogens with one attached hydrogen (secondary N) is 1. The van der Waals surface area contributed by atoms with Crippen molar-refractivity contribution in [2.75, 3.05) is 24.6 Å². The number of amides is 1. The van der Waals surface area contributed by atoms with Gasteiger partial charge in [0.15, 0.2) is 6.61 Å². The maximum atomic E-state index is 12.2. The van der Waals surface area contributed by atoms with Gasteiger partial charge in [-0.1, -0.05) is 0 Å². The zero-order chi connectivity index (χ0) is 19.4. The van der Waals surface area contributed by atoms with Crippen LogP contribution in [0.4, 0.5) is 11.4 Å². The molecule has 0 spiro atoms. The molecule has 1 saturated carbocycles. The molecule has 0 unspecified atom stereocenters. The standard InChI is InChI=1S/C19H25N3O5/c1-13(14-5-6-14)20-18(23)12-27-19(24)15-7-8-16(17(11-15)22(25)26)21-9-3-2-4-10-21/h7-8,11,13-14H,2-6,9-10,12H2,1H3,(H,20,23)/t13-/m1/s1. The lowest BCUT2D eigenvalue weighted by Crippen LogP contribution is -2.37. The number of ether oxygens (including phenoxy) is 1. The Balaban J connectivity index is 1.62. The summed E-state index contributed by atoms with van der Waals surface area (Å²) in [6.45, 7) is 3.08. The van der Waals surface area contributed by atoms with Gasteiger partial charge in [-0.3, -0.25) is 14.9 Å². The molecule has 1 aliphatic carbocycles. The molecule has 2 aliphatic rings. The third kappa shape index (κ3) is 4.96. The first-order valence-corrected chi connectivity index (χ1v) is 9.45. The van der Waals surface area contributed by atoms with E-state index in [4.69, 9.17) is 4.74 Å². The highest BCUT2D eigenvalue weighted by molar-refractivity contribution is 5.93. The van der Waals surface area contributed by atoms with Gasteiger partial charge in [-0.15, -0.1) is 0 Å². The van der Waals surface area contributed by atoms with E-state index in [1.165, 1.54) is 12.1 Å². The summed E-state index contributed by atoms with van der Waals surface area (Å²) in [5, 5.41) is 14.3. The van der Waals surface area contributed by atoms with Crippen molar-refractivity contribution in [2.45, 2.75) is 45.1 Å². The highest BCUT2D eigenvalue weighted by Gasteiger charge is 2.29. The predicted octanol–water partition coefficient (Wildman–Crippen LogP) is 2.66. The Morgan fingerprint density at radius 1 is 1.30 bits per heavy atom. The van der Waals surface area contributed by atoms with Crippen LogP contribution < -0.4 is 10.2 Å². The average Bonchev–Trinajstić information content (AvgIpc) is 3.51. The summed E-state index contributed by atoms with van der Waals surface area (Å²) < 4.78 is 5.02. The number of piperidine rings is 1. The summed E-state index contributed by atoms with van der Waals surface area (Å²) in [6.07, 6.45) is 5.32. The Hall–Kier alpha value is -2.64. The van der Waals surface area contributed by atoms with Crippen molar-refractivity contribution in [3.63, 3.8) is 0 Å². The van der Waals surface area contributed by atoms with Crippen LogP contribution in [0.5, 0.6) is 0 Å². The second kappa shape index (κ2) is 8.37. The number of carbonyl (C=O) groups is 2. The van der Waals surface area contributed by atoms with Crippen LogP contribution in [0.3, 0.4) is 0 Å². The van der Waals surface area contributed by atoms with Crippen molar-refractivity contribution >= 4 is 23.3 Å². The minimum Gasteiger partial charge on any atom is -0.452 e. The predicted molar refractivity (Wildman–Crippen MR) is 99.8 cm³/mol. The quantitative estimate of drug-likeness (QED) is 0.447. The molecular weight excluding hydrogens is 350 g/mol. The number of carbonyl (C=O) groups excluding carboxylic acids is 2. The van der Waals surface area contributed by atoms with Gasteiger partial charge in [0.2, 0.25) is 0 Å². The maximum Gasteiger partial charge on any atom is 0.338 e. The van der Waals surface area contributed by atoms with E-state index in [0.717, 1.165) is 45.2 Å². The molecule has 0 bridgehead atoms. The van der Waals surface area contributed by atoms with E-state index in [1.54, 1.807) is 6.07 Å². The molecule has 1 aliphatic heterocycles. The molecule has 1 amide bonds. The van der Waals surface area contributed by atoms with Crippen molar-refractivity contribution in [3.05, 3.63) is 33.9 Å². The number of benzene rings is 1. The molecule has 1 N–H and O–H groups in total. The van der Waals surface area contributed by atoms with Crippen LogP contribution in [0.2, 0.25) is 0 Å². The first-order chi connectivity index (χ1) is 13.0. The van der Waals surface area contributed by atoms with Crippen LogP contribution in [-0.2, 0) is 9.53 Å². The van der Waals surface area contributed by atoms with E-state index in [1.807, 2.05) is 11.8 Å². The zero-order valence-corrected chi connectivity index (χ0v) is 15.5. The summed E-state index contributed by atoms with van der Waals surface area (Å²) in [7, 11) is 0. The monoisotopic (exact) mass is 375 g/mol. The van der Waals surface area contributed by atoms with Gasteiger partial charge in [0, 0.05) is 25.2 Å². The zero-order valence-electron chi connectivity index (χ0n) is 15.5. The molecule has 3 rings (SSSR count). The van der Waals surface area contributed by atoms with E-state index < -0.39 is 17.5 Å². The largest absolute Gasteiger partial charge is 0.452 e. The molecule has 0 radical (unpaired) electrons. The van der Waals surface area contributed by atoms with E-state index >= 15 is 0 Å². The van der Waals surface area contributed by atoms with Gasteiger partial charge in [-0.2, -0.15) is 0 Å². The van der Waals surface area contributed by atoms with E-state index in [2.05, 4.69) is 5.32 Å². The summed E-state index contributed by atoms with van der Waals surface area (Å²) in [5.41, 5.74) is 0.482. The molecule has 8 nitrogen and oxygen atoms in total. The van der Waals surface area contributed by atoms with Gasteiger partial charge < -0.3 is 15.0 Å². The molecule has 146 valence electrons. The first-order valence-electron chi connectivity index (χ1n) is 9.45. The third-order valence-corrected chi connectivity index (χ3v) is 5.16. The molecule has 2 fully saturated rings. The number of anilines is 1. The van der Waals surface area contributed by atoms with E-state index in [0.29, 0.717) is 11.6 Å². The molecule has 1 heterocycles. The van der Waals surface area contributed by atoms with Crippen molar-refractivity contribution < 1.29 is 19.2 Å². The Labute approximate surface area is 158 Å². The lowest BCUT2D eigenvalue weighted by atomic mass is 10.1. The van der Waals surface area contributed by atoms with E-state index in [-0.39, 0.29) is 23.2 Å². The van der Waals surface area contributed by atoms with Gasteiger partial charge in [-0.05, 0) is 57.1 Å². The van der Waals surface area contributed by atoms with Gasteiger partial charge in [0.25, 0.3) is 11.6 Å². The minimum absolute atomic E-state index is 0.0705. The van der Waals surface area contributed by atoms with Crippen LogP contribution in [0.25, 0.3) is 0 Å². The van der Waals surface area contributed by atoms with Gasteiger partial charge in [-0.25, -0.2) is 4.79 Å². The number of esters is 1. The summed E-state index contributed by atoms with van der Waals surface area (Å²) in [4.78, 5) is 37.0. The number of hydrogen-bond acceptors (Lipinski definition) is 6. The Morgan fingerprint density at radius 2 is 2.00 bits per heavy atom. The Bertz CT molecular complexity index is 726. The smallest absolute Gasteiger partial charge is 0.338 e. The van der Waals surface area contributed by atoms with Crippen LogP contribution in [0, 0.1) is 16.0 Å². The summed E-state index contributed by atoms with van der Waals surface area (Å²) in [6, 6.07) is 4.41. The maximum absolute atomic E-state index is 12.2. The highest BCUT2D eigenvalue weighted by Crippen LogP contribution is 2.32. The normalized spacial score (nSPS) is 17.9. The van der Waals surface area contributed by atoms with Crippen LogP contribution in [0.15, 0.2) is 18.2 Å². The summed E-state index contributed by atoms with van der Waals surface area (Å²) in [5.74, 6) is -0.589. The first kappa shape index (κ1) is 19.1. The molecule has 27 heavy (non-hydrogen) atoms. The number of nitrogens with zero attached hydrogens (tertiary/aromatic N) is 2. The number of nitro benzene ring substituents is 1. The molecule has 8 heteroatoms. The topological polar surface area (TPSA) is 102 Å². The Morgan fingerprint density at radius 3 is 2.63 bits per heavy atom. The van der Waals surface area contributed by atoms with Crippen molar-refractivity contribution in [2.24, 2.45) is 5.92 Å². The van der Waals surface area contributed by atoms with E-state index in [9.17, 15) is 19.7 Å². The van der Waals surface area contributed by atoms with Crippen LogP contribution in [-0.4, -0.2) is 42.5 Å². The molecular formula is C19H25N3O5. The lowest BCUT2D eigenvalue weighted by Gasteiger charge is -2.28. The molecule has 0 aromatic heterocycles. The number of hydrogen-bond donors (Lipinski definition) is 1. The van der Waals surface area contributed by atoms with Gasteiger partial charge in [0.05, 0.1) is 10.5 Å². The third-order valence-electron chi connectivity index (χ3n) is 5.16. The molecule has 1 saturated heterocycles. The van der Waals surface area contributed by atoms with Crippen LogP contribution in [0.1, 0.15) is 49.4 Å². The van der Waals surface area contributed by atoms with Crippen molar-refractivity contribution in [1.82, 2.24) is 5.32 Å². The van der Waals surface area contributed by atoms with Crippen LogP contribution >= 0.6 is 0 Å². The fourth-order valence-electron chi connectivity index (χ4n) is 3.42. The minimum atomic E-state index is -0.738. The highest BCUT2D eigenvalue weighted by atomic mass is 16.6. The SMILES string of the molecule is C[C@@H](NC(=O)COC(=O)c1ccc(N2CCCCC2)c([N+](=O)[O-])c1)C1CC1. The Kier molecular flexibility index (Phi) is 5.93. The molecule has 1 aromatic rings. The summed E-state index contributed by atoms with van der Waals surface area (Å²) >= 11 is 0. The van der Waals surface area contributed by atoms with Gasteiger partial charge >= 0.3 is 5.97 Å². The second-order valence-corrected chi connectivity index (χ2v) is 7.28. The van der Waals surface area contributed by atoms with Gasteiger partial charge in [0.1, 0.15) is 5.69 Å². The number of rotatable bonds is 7. The fourth-order valence-corrected chi connectivity index (χ4v) is 3.42. The lowest BCUT2D eigenvalue weighted by molar-refractivity contribution is -0.384. The molecule has 1 aromatic carbocycles. The fraction of sp³-hybridized carbons (Fsp3) is 0.579. The number of nitro groups is 1.